The molecule has 1 aromatic carbocycles. The third-order valence-electron chi connectivity index (χ3n) is 4.92. The Morgan fingerprint density at radius 1 is 1.15 bits per heavy atom. The molecule has 108 valence electrons. The maximum Gasteiger partial charge on any atom is 0.254 e. The summed E-state index contributed by atoms with van der Waals surface area (Å²) in [5.41, 5.74) is 2.26. The first-order valence-corrected chi connectivity index (χ1v) is 7.87. The molecule has 1 atom stereocenters. The van der Waals surface area contributed by atoms with Crippen molar-refractivity contribution in [1.29, 1.82) is 0 Å². The molecule has 1 heterocycles. The first-order valence-electron chi connectivity index (χ1n) is 7.87. The number of nitrogens with zero attached hydrogens (tertiary/aromatic N) is 1. The lowest BCUT2D eigenvalue weighted by molar-refractivity contribution is 0.0372. The highest BCUT2D eigenvalue weighted by Gasteiger charge is 2.43. The summed E-state index contributed by atoms with van der Waals surface area (Å²) in [6.45, 7) is 7.65. The van der Waals surface area contributed by atoms with Gasteiger partial charge in [0, 0.05) is 18.2 Å². The van der Waals surface area contributed by atoms with E-state index in [4.69, 9.17) is 0 Å². The van der Waals surface area contributed by atoms with Crippen LogP contribution in [0.15, 0.2) is 24.3 Å². The number of carbonyl (C=O) groups excluding carboxylic acids is 1. The molecule has 0 aromatic heterocycles. The molecule has 2 aliphatic rings. The largest absolute Gasteiger partial charge is 0.330 e. The third-order valence-corrected chi connectivity index (χ3v) is 4.92. The van der Waals surface area contributed by atoms with Crippen LogP contribution >= 0.6 is 0 Å². The van der Waals surface area contributed by atoms with Gasteiger partial charge >= 0.3 is 0 Å². The zero-order valence-electron chi connectivity index (χ0n) is 12.9. The van der Waals surface area contributed by atoms with Crippen molar-refractivity contribution in [2.45, 2.75) is 59.0 Å². The second-order valence-corrected chi connectivity index (χ2v) is 7.45. The van der Waals surface area contributed by atoms with E-state index in [1.54, 1.807) is 0 Å². The Labute approximate surface area is 122 Å². The van der Waals surface area contributed by atoms with Crippen LogP contribution in [0.3, 0.4) is 0 Å². The van der Waals surface area contributed by atoms with E-state index in [0.29, 0.717) is 12.0 Å². The predicted octanol–water partition coefficient (Wildman–Crippen LogP) is 4.25. The van der Waals surface area contributed by atoms with Crippen LogP contribution in [0.5, 0.6) is 0 Å². The number of amides is 1. The molecule has 3 rings (SSSR count). The van der Waals surface area contributed by atoms with Crippen molar-refractivity contribution in [3.8, 4) is 0 Å². The number of hydrogen-bond acceptors (Lipinski definition) is 1. The summed E-state index contributed by atoms with van der Waals surface area (Å²) in [7, 11) is 0. The summed E-state index contributed by atoms with van der Waals surface area (Å²) < 4.78 is 0. The molecule has 1 unspecified atom stereocenters. The quantitative estimate of drug-likeness (QED) is 0.787. The van der Waals surface area contributed by atoms with Crippen LogP contribution in [0.2, 0.25) is 0 Å². The molecule has 0 spiro atoms. The van der Waals surface area contributed by atoms with Gasteiger partial charge in [-0.25, -0.2) is 0 Å². The number of fused-ring (bicyclic) bond motifs is 1. The summed E-state index contributed by atoms with van der Waals surface area (Å²) in [4.78, 5) is 14.9. The monoisotopic (exact) mass is 271 g/mol. The van der Waals surface area contributed by atoms with E-state index in [0.717, 1.165) is 12.1 Å². The van der Waals surface area contributed by atoms with Crippen LogP contribution < -0.4 is 0 Å². The van der Waals surface area contributed by atoms with Gasteiger partial charge < -0.3 is 4.90 Å². The highest BCUT2D eigenvalue weighted by atomic mass is 16.2. The Bertz CT molecular complexity index is 508. The van der Waals surface area contributed by atoms with E-state index in [9.17, 15) is 4.79 Å². The zero-order valence-corrected chi connectivity index (χ0v) is 12.9. The van der Waals surface area contributed by atoms with E-state index in [1.807, 2.05) is 18.2 Å². The van der Waals surface area contributed by atoms with E-state index in [1.165, 1.54) is 31.2 Å². The summed E-state index contributed by atoms with van der Waals surface area (Å²) in [6.07, 6.45) is 5.21. The maximum absolute atomic E-state index is 12.8. The van der Waals surface area contributed by atoms with Crippen LogP contribution in [0.4, 0.5) is 0 Å². The molecular formula is C18H25NO. The molecule has 2 nitrogen and oxygen atoms in total. The van der Waals surface area contributed by atoms with Crippen molar-refractivity contribution in [1.82, 2.24) is 4.90 Å². The predicted molar refractivity (Wildman–Crippen MR) is 81.5 cm³/mol. The Kier molecular flexibility index (Phi) is 3.35. The minimum atomic E-state index is 0.146. The molecule has 20 heavy (non-hydrogen) atoms. The van der Waals surface area contributed by atoms with Crippen molar-refractivity contribution in [3.63, 3.8) is 0 Å². The molecule has 0 bridgehead atoms. The minimum Gasteiger partial charge on any atom is -0.330 e. The van der Waals surface area contributed by atoms with Crippen LogP contribution in [0, 0.1) is 11.3 Å². The van der Waals surface area contributed by atoms with Gasteiger partial charge in [-0.3, -0.25) is 4.79 Å². The van der Waals surface area contributed by atoms with Gasteiger partial charge in [0.15, 0.2) is 0 Å². The standard InChI is InChI=1S/C18H25NO/c1-18(2,3)16(13-8-4-5-9-13)19-12-14-10-6-7-11-15(14)17(19)20/h6-7,10-11,13,16H,4-5,8-9,12H2,1-3H3. The fourth-order valence-electron chi connectivity index (χ4n) is 4.20. The highest BCUT2D eigenvalue weighted by molar-refractivity contribution is 5.98. The fourth-order valence-corrected chi connectivity index (χ4v) is 4.20. The number of carbonyl (C=O) groups is 1. The second-order valence-electron chi connectivity index (χ2n) is 7.45. The van der Waals surface area contributed by atoms with Crippen molar-refractivity contribution in [2.75, 3.05) is 0 Å². The van der Waals surface area contributed by atoms with Crippen LogP contribution in [0.1, 0.15) is 62.4 Å². The number of hydrogen-bond donors (Lipinski definition) is 0. The van der Waals surface area contributed by atoms with Crippen LogP contribution in [-0.2, 0) is 6.54 Å². The van der Waals surface area contributed by atoms with Gasteiger partial charge in [0.25, 0.3) is 5.91 Å². The van der Waals surface area contributed by atoms with Gasteiger partial charge in [-0.15, -0.1) is 0 Å². The van der Waals surface area contributed by atoms with Crippen LogP contribution in [0.25, 0.3) is 0 Å². The second kappa shape index (κ2) is 4.91. The normalized spacial score (nSPS) is 21.4. The lowest BCUT2D eigenvalue weighted by atomic mass is 9.77. The Balaban J connectivity index is 1.92. The number of rotatable bonds is 2. The summed E-state index contributed by atoms with van der Waals surface area (Å²) in [5.74, 6) is 0.917. The van der Waals surface area contributed by atoms with Gasteiger partial charge in [0.1, 0.15) is 0 Å². The molecule has 1 aliphatic heterocycles. The molecule has 1 saturated carbocycles. The lowest BCUT2D eigenvalue weighted by Crippen LogP contribution is -2.48. The average Bonchev–Trinajstić information content (AvgIpc) is 2.99. The zero-order chi connectivity index (χ0) is 14.3. The lowest BCUT2D eigenvalue weighted by Gasteiger charge is -2.42. The maximum atomic E-state index is 12.8. The fraction of sp³-hybridized carbons (Fsp3) is 0.611. The van der Waals surface area contributed by atoms with Gasteiger partial charge in [-0.2, -0.15) is 0 Å². The molecule has 1 fully saturated rings. The van der Waals surface area contributed by atoms with Gasteiger partial charge in [0.2, 0.25) is 0 Å². The van der Waals surface area contributed by atoms with Crippen molar-refractivity contribution >= 4 is 5.91 Å². The smallest absolute Gasteiger partial charge is 0.254 e. The molecule has 0 saturated heterocycles. The van der Waals surface area contributed by atoms with Crippen molar-refractivity contribution < 1.29 is 4.79 Å². The average molecular weight is 271 g/mol. The molecule has 0 N–H and O–H groups in total. The van der Waals surface area contributed by atoms with Crippen molar-refractivity contribution in [3.05, 3.63) is 35.4 Å². The molecule has 1 aliphatic carbocycles. The summed E-state index contributed by atoms with van der Waals surface area (Å²) in [6, 6.07) is 8.46. The highest BCUT2D eigenvalue weighted by Crippen LogP contribution is 2.41. The molecule has 1 aromatic rings. The van der Waals surface area contributed by atoms with Gasteiger partial charge in [-0.05, 0) is 35.8 Å². The molecular weight excluding hydrogens is 246 g/mol. The SMILES string of the molecule is CC(C)(C)C(C1CCCC1)N1Cc2ccccc2C1=O. The minimum absolute atomic E-state index is 0.146. The van der Waals surface area contributed by atoms with E-state index < -0.39 is 0 Å². The summed E-state index contributed by atoms with van der Waals surface area (Å²) >= 11 is 0. The first kappa shape index (κ1) is 13.7. The topological polar surface area (TPSA) is 20.3 Å². The Hall–Kier alpha value is -1.31. The molecule has 1 amide bonds. The van der Waals surface area contributed by atoms with Crippen molar-refractivity contribution in [2.24, 2.45) is 11.3 Å². The molecule has 0 radical (unpaired) electrons. The van der Waals surface area contributed by atoms with E-state index >= 15 is 0 Å². The van der Waals surface area contributed by atoms with E-state index in [-0.39, 0.29) is 11.3 Å². The van der Waals surface area contributed by atoms with E-state index in [2.05, 4.69) is 31.7 Å². The summed E-state index contributed by atoms with van der Waals surface area (Å²) in [5, 5.41) is 0. The Morgan fingerprint density at radius 3 is 2.40 bits per heavy atom. The first-order chi connectivity index (χ1) is 9.48. The van der Waals surface area contributed by atoms with Crippen LogP contribution in [-0.4, -0.2) is 16.8 Å². The van der Waals surface area contributed by atoms with Gasteiger partial charge in [0.05, 0.1) is 0 Å². The Morgan fingerprint density at radius 2 is 1.80 bits per heavy atom. The molecule has 2 heteroatoms. The third kappa shape index (κ3) is 2.25. The van der Waals surface area contributed by atoms with Gasteiger partial charge in [-0.1, -0.05) is 51.8 Å². The number of benzene rings is 1.